The van der Waals surface area contributed by atoms with Gasteiger partial charge in [-0.2, -0.15) is 0 Å². The molecule has 1 aliphatic rings. The van der Waals surface area contributed by atoms with Crippen molar-refractivity contribution in [1.82, 2.24) is 10.2 Å². The maximum absolute atomic E-state index is 12.8. The number of nitrogens with zero attached hydrogens (tertiary/aromatic N) is 1. The molecule has 3 nitrogen and oxygen atoms in total. The zero-order valence-electron chi connectivity index (χ0n) is 11.2. The average Bonchev–Trinajstić information content (AvgIpc) is 2.86. The Kier molecular flexibility index (Phi) is 5.10. The quantitative estimate of drug-likeness (QED) is 0.830. The highest BCUT2D eigenvalue weighted by Crippen LogP contribution is 2.15. The van der Waals surface area contributed by atoms with E-state index in [9.17, 15) is 4.39 Å². The van der Waals surface area contributed by atoms with Gasteiger partial charge >= 0.3 is 0 Å². The van der Waals surface area contributed by atoms with Gasteiger partial charge in [-0.05, 0) is 62.4 Å². The Balaban J connectivity index is 1.77. The molecule has 19 heavy (non-hydrogen) atoms. The Morgan fingerprint density at radius 2 is 2.16 bits per heavy atom. The standard InChI is InChI=1S/C14H20FN3S/c1-2-18-9-3-4-13(18)10-16-14(19)17-12-7-5-11(15)6-8-12/h5-8,13H,2-4,9-10H2,1H3,(H2,16,17,19)/t13-/m1/s1. The third kappa shape index (κ3) is 4.14. The summed E-state index contributed by atoms with van der Waals surface area (Å²) in [5.74, 6) is -0.242. The van der Waals surface area contributed by atoms with Gasteiger partial charge in [0.05, 0.1) is 0 Å². The molecular weight excluding hydrogens is 261 g/mol. The predicted molar refractivity (Wildman–Crippen MR) is 80.9 cm³/mol. The number of likely N-dealkylation sites (tertiary alicyclic amines) is 1. The fraction of sp³-hybridized carbons (Fsp3) is 0.500. The van der Waals surface area contributed by atoms with Gasteiger partial charge in [0.15, 0.2) is 5.11 Å². The molecular formula is C14H20FN3S. The SMILES string of the molecule is CCN1CCC[C@@H]1CNC(=S)Nc1ccc(F)cc1. The molecule has 0 unspecified atom stereocenters. The zero-order valence-corrected chi connectivity index (χ0v) is 12.0. The highest BCUT2D eigenvalue weighted by molar-refractivity contribution is 7.80. The second kappa shape index (κ2) is 6.82. The molecule has 0 aromatic heterocycles. The number of anilines is 1. The normalized spacial score (nSPS) is 19.4. The van der Waals surface area contributed by atoms with Crippen molar-refractivity contribution >= 4 is 23.0 Å². The van der Waals surface area contributed by atoms with E-state index in [0.29, 0.717) is 11.2 Å². The van der Waals surface area contributed by atoms with E-state index in [1.54, 1.807) is 12.1 Å². The number of likely N-dealkylation sites (N-methyl/N-ethyl adjacent to an activating group) is 1. The largest absolute Gasteiger partial charge is 0.361 e. The van der Waals surface area contributed by atoms with E-state index in [0.717, 1.165) is 18.8 Å². The van der Waals surface area contributed by atoms with Gasteiger partial charge in [0.1, 0.15) is 5.82 Å². The van der Waals surface area contributed by atoms with Crippen LogP contribution >= 0.6 is 12.2 Å². The zero-order chi connectivity index (χ0) is 13.7. The minimum Gasteiger partial charge on any atom is -0.361 e. The molecule has 1 saturated heterocycles. The van der Waals surface area contributed by atoms with Crippen LogP contribution in [0, 0.1) is 5.82 Å². The highest BCUT2D eigenvalue weighted by Gasteiger charge is 2.22. The van der Waals surface area contributed by atoms with Crippen LogP contribution in [0.5, 0.6) is 0 Å². The van der Waals surface area contributed by atoms with Crippen molar-refractivity contribution in [2.24, 2.45) is 0 Å². The lowest BCUT2D eigenvalue weighted by molar-refractivity contribution is 0.267. The van der Waals surface area contributed by atoms with Gasteiger partial charge in [-0.3, -0.25) is 4.90 Å². The fourth-order valence-electron chi connectivity index (χ4n) is 2.46. The Labute approximate surface area is 119 Å². The molecule has 1 aromatic rings. The molecule has 0 aliphatic carbocycles. The lowest BCUT2D eigenvalue weighted by Gasteiger charge is -2.23. The van der Waals surface area contributed by atoms with Gasteiger partial charge < -0.3 is 10.6 Å². The van der Waals surface area contributed by atoms with Crippen LogP contribution in [-0.4, -0.2) is 35.7 Å². The number of thiocarbonyl (C=S) groups is 1. The first-order valence-electron chi connectivity index (χ1n) is 6.73. The van der Waals surface area contributed by atoms with Crippen molar-refractivity contribution in [1.29, 1.82) is 0 Å². The third-order valence-electron chi connectivity index (χ3n) is 3.51. The summed E-state index contributed by atoms with van der Waals surface area (Å²) in [5, 5.41) is 6.89. The molecule has 0 spiro atoms. The van der Waals surface area contributed by atoms with Crippen molar-refractivity contribution in [2.45, 2.75) is 25.8 Å². The Bertz CT molecular complexity index is 421. The summed E-state index contributed by atoms with van der Waals surface area (Å²) in [4.78, 5) is 2.47. The van der Waals surface area contributed by atoms with Crippen LogP contribution in [0.2, 0.25) is 0 Å². The molecule has 1 aliphatic heterocycles. The van der Waals surface area contributed by atoms with Crippen molar-refractivity contribution in [2.75, 3.05) is 25.0 Å². The van der Waals surface area contributed by atoms with Gasteiger partial charge in [0.25, 0.3) is 0 Å². The maximum Gasteiger partial charge on any atom is 0.170 e. The molecule has 2 rings (SSSR count). The Hall–Kier alpha value is -1.20. The summed E-state index contributed by atoms with van der Waals surface area (Å²) in [6, 6.07) is 6.76. The number of benzene rings is 1. The van der Waals surface area contributed by atoms with Crippen molar-refractivity contribution in [3.63, 3.8) is 0 Å². The Morgan fingerprint density at radius 3 is 2.84 bits per heavy atom. The van der Waals surface area contributed by atoms with Gasteiger partial charge in [-0.15, -0.1) is 0 Å². The van der Waals surface area contributed by atoms with Gasteiger partial charge in [0.2, 0.25) is 0 Å². The maximum atomic E-state index is 12.8. The molecule has 0 bridgehead atoms. The van der Waals surface area contributed by atoms with Crippen LogP contribution in [0.1, 0.15) is 19.8 Å². The first kappa shape index (κ1) is 14.2. The molecule has 5 heteroatoms. The molecule has 1 aromatic carbocycles. The topological polar surface area (TPSA) is 27.3 Å². The van der Waals surface area contributed by atoms with E-state index in [1.165, 1.54) is 31.5 Å². The second-order valence-electron chi connectivity index (χ2n) is 4.77. The van der Waals surface area contributed by atoms with Crippen LogP contribution in [0.3, 0.4) is 0 Å². The monoisotopic (exact) mass is 281 g/mol. The number of hydrogen-bond donors (Lipinski definition) is 2. The average molecular weight is 281 g/mol. The van der Waals surface area contributed by atoms with E-state index >= 15 is 0 Å². The lowest BCUT2D eigenvalue weighted by Crippen LogP contribution is -2.41. The highest BCUT2D eigenvalue weighted by atomic mass is 32.1. The number of rotatable bonds is 4. The lowest BCUT2D eigenvalue weighted by atomic mass is 10.2. The van der Waals surface area contributed by atoms with E-state index in [4.69, 9.17) is 12.2 Å². The summed E-state index contributed by atoms with van der Waals surface area (Å²) >= 11 is 5.24. The molecule has 0 radical (unpaired) electrons. The predicted octanol–water partition coefficient (Wildman–Crippen LogP) is 2.60. The van der Waals surface area contributed by atoms with E-state index in [1.807, 2.05) is 0 Å². The fourth-order valence-corrected chi connectivity index (χ4v) is 2.66. The molecule has 0 saturated carbocycles. The molecule has 0 amide bonds. The van der Waals surface area contributed by atoms with Crippen LogP contribution < -0.4 is 10.6 Å². The van der Waals surface area contributed by atoms with Gasteiger partial charge in [-0.25, -0.2) is 4.39 Å². The van der Waals surface area contributed by atoms with Gasteiger partial charge in [-0.1, -0.05) is 6.92 Å². The molecule has 1 fully saturated rings. The van der Waals surface area contributed by atoms with E-state index < -0.39 is 0 Å². The van der Waals surface area contributed by atoms with Crippen LogP contribution in [0.25, 0.3) is 0 Å². The summed E-state index contributed by atoms with van der Waals surface area (Å²) in [6.45, 7) is 5.32. The third-order valence-corrected chi connectivity index (χ3v) is 3.75. The molecule has 2 N–H and O–H groups in total. The first-order chi connectivity index (χ1) is 9.19. The molecule has 1 atom stereocenters. The number of halogens is 1. The van der Waals surface area contributed by atoms with Crippen molar-refractivity contribution in [3.8, 4) is 0 Å². The minimum absolute atomic E-state index is 0.242. The second-order valence-corrected chi connectivity index (χ2v) is 5.17. The molecule has 1 heterocycles. The minimum atomic E-state index is -0.242. The van der Waals surface area contributed by atoms with Crippen molar-refractivity contribution in [3.05, 3.63) is 30.1 Å². The summed E-state index contributed by atoms with van der Waals surface area (Å²) < 4.78 is 12.8. The summed E-state index contributed by atoms with van der Waals surface area (Å²) in [5.41, 5.74) is 0.803. The van der Waals surface area contributed by atoms with E-state index in [2.05, 4.69) is 22.5 Å². The molecule has 104 valence electrons. The summed E-state index contributed by atoms with van der Waals surface area (Å²) in [7, 11) is 0. The first-order valence-corrected chi connectivity index (χ1v) is 7.14. The van der Waals surface area contributed by atoms with Crippen molar-refractivity contribution < 1.29 is 4.39 Å². The Morgan fingerprint density at radius 1 is 1.42 bits per heavy atom. The number of nitrogens with one attached hydrogen (secondary N) is 2. The summed E-state index contributed by atoms with van der Waals surface area (Å²) in [6.07, 6.45) is 2.48. The van der Waals surface area contributed by atoms with Gasteiger partial charge in [0, 0.05) is 18.3 Å². The van der Waals surface area contributed by atoms with E-state index in [-0.39, 0.29) is 5.82 Å². The smallest absolute Gasteiger partial charge is 0.170 e. The number of hydrogen-bond acceptors (Lipinski definition) is 2. The van der Waals surface area contributed by atoms with Crippen LogP contribution in [0.15, 0.2) is 24.3 Å². The van der Waals surface area contributed by atoms with Crippen LogP contribution in [-0.2, 0) is 0 Å². The van der Waals surface area contributed by atoms with Crippen LogP contribution in [0.4, 0.5) is 10.1 Å².